The molecule has 8 nitrogen and oxygen atoms in total. The molecule has 1 aliphatic rings. The molecule has 0 radical (unpaired) electrons. The minimum atomic E-state index is -0.614. The lowest BCUT2D eigenvalue weighted by atomic mass is 10.0. The average Bonchev–Trinajstić information content (AvgIpc) is 3.00. The lowest BCUT2D eigenvalue weighted by molar-refractivity contribution is -0.134. The van der Waals surface area contributed by atoms with Gasteiger partial charge in [-0.2, -0.15) is 0 Å². The number of imidazole rings is 1. The summed E-state index contributed by atoms with van der Waals surface area (Å²) in [5.74, 6) is -0.409. The maximum atomic E-state index is 12.4. The van der Waals surface area contributed by atoms with Crippen LogP contribution in [0.3, 0.4) is 0 Å². The molecule has 0 saturated carbocycles. The first-order valence-corrected chi connectivity index (χ1v) is 9.38. The molecule has 154 valence electrons. The molecule has 1 atom stereocenters. The number of rotatable bonds is 5. The van der Waals surface area contributed by atoms with E-state index in [0.717, 1.165) is 11.0 Å². The van der Waals surface area contributed by atoms with E-state index >= 15 is 0 Å². The van der Waals surface area contributed by atoms with Gasteiger partial charge >= 0.3 is 5.69 Å². The van der Waals surface area contributed by atoms with Crippen LogP contribution < -0.4 is 16.7 Å². The Morgan fingerprint density at radius 2 is 1.89 bits per heavy atom. The van der Waals surface area contributed by atoms with Gasteiger partial charge in [-0.05, 0) is 30.9 Å². The van der Waals surface area contributed by atoms with Crippen molar-refractivity contribution in [3.05, 3.63) is 34.7 Å². The first-order chi connectivity index (χ1) is 12.9. The van der Waals surface area contributed by atoms with Crippen molar-refractivity contribution in [3.63, 3.8) is 0 Å². The van der Waals surface area contributed by atoms with E-state index in [9.17, 15) is 14.4 Å². The minimum absolute atomic E-state index is 0. The van der Waals surface area contributed by atoms with Gasteiger partial charge in [0.25, 0.3) is 0 Å². The van der Waals surface area contributed by atoms with Crippen LogP contribution in [0.1, 0.15) is 32.7 Å². The third kappa shape index (κ3) is 4.56. The van der Waals surface area contributed by atoms with Crippen LogP contribution in [0.5, 0.6) is 0 Å². The van der Waals surface area contributed by atoms with Crippen molar-refractivity contribution in [2.24, 2.45) is 11.7 Å². The maximum absolute atomic E-state index is 12.4. The largest absolute Gasteiger partial charge is 0.346 e. The van der Waals surface area contributed by atoms with Gasteiger partial charge in [0.05, 0.1) is 23.6 Å². The maximum Gasteiger partial charge on any atom is 0.326 e. The standard InChI is InChI=1S/C19H27N5O3.ClH/c1-12(2)17(20)18(26)21-11-16(25)23-9-7-13(8-10-23)24-15-6-4-3-5-14(15)22-19(24)27;/h3-6,12-13,17H,7-11,20H2,1-2H3,(H,21,26)(H,22,27);1H/t17-;/m0./s1. The molecule has 2 amide bonds. The molecule has 1 aliphatic heterocycles. The summed E-state index contributed by atoms with van der Waals surface area (Å²) in [5, 5.41) is 2.62. The number of fused-ring (bicyclic) bond motifs is 1. The Morgan fingerprint density at radius 1 is 1.25 bits per heavy atom. The van der Waals surface area contributed by atoms with Crippen molar-refractivity contribution < 1.29 is 9.59 Å². The van der Waals surface area contributed by atoms with E-state index in [4.69, 9.17) is 5.73 Å². The number of hydrogen-bond donors (Lipinski definition) is 3. The van der Waals surface area contributed by atoms with Crippen molar-refractivity contribution in [1.82, 2.24) is 19.8 Å². The third-order valence-corrected chi connectivity index (χ3v) is 5.24. The Bertz CT molecular complexity index is 883. The zero-order valence-corrected chi connectivity index (χ0v) is 17.0. The summed E-state index contributed by atoms with van der Waals surface area (Å²) in [7, 11) is 0. The van der Waals surface area contributed by atoms with Gasteiger partial charge in [-0.15, -0.1) is 12.4 Å². The number of halogens is 1. The molecule has 1 fully saturated rings. The number of benzene rings is 1. The van der Waals surface area contributed by atoms with Crippen LogP contribution in [0.25, 0.3) is 11.0 Å². The number of carbonyl (C=O) groups is 2. The fourth-order valence-corrected chi connectivity index (χ4v) is 3.51. The number of hydrogen-bond acceptors (Lipinski definition) is 4. The fourth-order valence-electron chi connectivity index (χ4n) is 3.51. The summed E-state index contributed by atoms with van der Waals surface area (Å²) >= 11 is 0. The molecule has 3 rings (SSSR count). The summed E-state index contributed by atoms with van der Waals surface area (Å²) in [6.07, 6.45) is 1.40. The Morgan fingerprint density at radius 3 is 2.54 bits per heavy atom. The number of piperidine rings is 1. The molecule has 4 N–H and O–H groups in total. The number of nitrogens with two attached hydrogens (primary N) is 1. The van der Waals surface area contributed by atoms with Crippen molar-refractivity contribution in [3.8, 4) is 0 Å². The lowest BCUT2D eigenvalue weighted by Gasteiger charge is -2.32. The van der Waals surface area contributed by atoms with E-state index < -0.39 is 6.04 Å². The number of nitrogens with zero attached hydrogens (tertiary/aromatic N) is 2. The predicted octanol–water partition coefficient (Wildman–Crippen LogP) is 1.01. The van der Waals surface area contributed by atoms with Gasteiger partial charge in [-0.3, -0.25) is 14.2 Å². The first-order valence-electron chi connectivity index (χ1n) is 9.38. The number of amides is 2. The van der Waals surface area contributed by atoms with Crippen molar-refractivity contribution in [1.29, 1.82) is 0 Å². The monoisotopic (exact) mass is 409 g/mol. The van der Waals surface area contributed by atoms with Gasteiger partial charge in [0.1, 0.15) is 0 Å². The van der Waals surface area contributed by atoms with E-state index in [1.807, 2.05) is 38.1 Å². The molecule has 9 heteroatoms. The molecular weight excluding hydrogens is 382 g/mol. The van der Waals surface area contributed by atoms with Crippen molar-refractivity contribution in [2.45, 2.75) is 38.8 Å². The highest BCUT2D eigenvalue weighted by Gasteiger charge is 2.26. The molecule has 1 saturated heterocycles. The first kappa shape index (κ1) is 22.0. The molecule has 0 bridgehead atoms. The van der Waals surface area contributed by atoms with Crippen LogP contribution in [-0.4, -0.2) is 51.9 Å². The highest BCUT2D eigenvalue weighted by Crippen LogP contribution is 2.24. The van der Waals surface area contributed by atoms with Crippen LogP contribution in [0.15, 0.2) is 29.1 Å². The second kappa shape index (κ2) is 9.25. The number of aromatic amines is 1. The highest BCUT2D eigenvalue weighted by atomic mass is 35.5. The van der Waals surface area contributed by atoms with E-state index in [0.29, 0.717) is 25.9 Å². The molecule has 2 aromatic rings. The van der Waals surface area contributed by atoms with E-state index in [1.165, 1.54) is 0 Å². The summed E-state index contributed by atoms with van der Waals surface area (Å²) in [6, 6.07) is 7.06. The number of aromatic nitrogens is 2. The van der Waals surface area contributed by atoms with E-state index in [1.54, 1.807) is 9.47 Å². The van der Waals surface area contributed by atoms with E-state index in [-0.39, 0.29) is 48.4 Å². The van der Waals surface area contributed by atoms with Crippen molar-refractivity contribution >= 4 is 35.3 Å². The van der Waals surface area contributed by atoms with Gasteiger partial charge in [0.2, 0.25) is 11.8 Å². The summed E-state index contributed by atoms with van der Waals surface area (Å²) < 4.78 is 1.79. The highest BCUT2D eigenvalue weighted by molar-refractivity contribution is 5.87. The fraction of sp³-hybridized carbons (Fsp3) is 0.526. The van der Waals surface area contributed by atoms with Crippen molar-refractivity contribution in [2.75, 3.05) is 19.6 Å². The molecule has 1 aromatic carbocycles. The van der Waals surface area contributed by atoms with Gasteiger partial charge < -0.3 is 20.9 Å². The number of para-hydroxylation sites is 2. The normalized spacial score (nSPS) is 16.1. The molecule has 2 heterocycles. The van der Waals surface area contributed by atoms with Crippen LogP contribution >= 0.6 is 12.4 Å². The number of H-pyrrole nitrogens is 1. The van der Waals surface area contributed by atoms with Gasteiger partial charge in [0, 0.05) is 19.1 Å². The Balaban J connectivity index is 0.00000280. The van der Waals surface area contributed by atoms with E-state index in [2.05, 4.69) is 10.3 Å². The SMILES string of the molecule is CC(C)[C@H](N)C(=O)NCC(=O)N1CCC(n2c(=O)[nH]c3ccccc32)CC1.Cl. The van der Waals surface area contributed by atoms with Crippen LogP contribution in [0.4, 0.5) is 0 Å². The molecule has 1 aromatic heterocycles. The third-order valence-electron chi connectivity index (χ3n) is 5.24. The van der Waals surface area contributed by atoms with Gasteiger partial charge in [-0.1, -0.05) is 26.0 Å². The Kier molecular flexibility index (Phi) is 7.26. The average molecular weight is 410 g/mol. The zero-order valence-electron chi connectivity index (χ0n) is 16.2. The van der Waals surface area contributed by atoms with Gasteiger partial charge in [-0.25, -0.2) is 4.79 Å². The quantitative estimate of drug-likeness (QED) is 0.683. The lowest BCUT2D eigenvalue weighted by Crippen LogP contribution is -2.49. The molecule has 28 heavy (non-hydrogen) atoms. The Labute approximate surface area is 169 Å². The second-order valence-electron chi connectivity index (χ2n) is 7.42. The van der Waals surface area contributed by atoms with Gasteiger partial charge in [0.15, 0.2) is 0 Å². The molecule has 0 unspecified atom stereocenters. The number of likely N-dealkylation sites (tertiary alicyclic amines) is 1. The predicted molar refractivity (Wildman–Crippen MR) is 110 cm³/mol. The molecular formula is C19H28ClN5O3. The van der Waals surface area contributed by atoms with Crippen LogP contribution in [0, 0.1) is 5.92 Å². The number of carbonyl (C=O) groups excluding carboxylic acids is 2. The van der Waals surface area contributed by atoms with Crippen LogP contribution in [-0.2, 0) is 9.59 Å². The number of nitrogens with one attached hydrogen (secondary N) is 2. The molecule has 0 spiro atoms. The summed E-state index contributed by atoms with van der Waals surface area (Å²) in [4.78, 5) is 41.2. The Hall–Kier alpha value is -2.32. The van der Waals surface area contributed by atoms with Crippen LogP contribution in [0.2, 0.25) is 0 Å². The topological polar surface area (TPSA) is 113 Å². The summed E-state index contributed by atoms with van der Waals surface area (Å²) in [6.45, 7) is 4.80. The molecule has 0 aliphatic carbocycles. The second-order valence-corrected chi connectivity index (χ2v) is 7.42. The summed E-state index contributed by atoms with van der Waals surface area (Å²) in [5.41, 5.74) is 7.38. The zero-order chi connectivity index (χ0) is 19.6. The smallest absolute Gasteiger partial charge is 0.326 e. The minimum Gasteiger partial charge on any atom is -0.346 e.